The number of aliphatic hydroxyl groups excluding tert-OH is 1. The molecule has 18 heavy (non-hydrogen) atoms. The van der Waals surface area contributed by atoms with Crippen molar-refractivity contribution in [3.8, 4) is 0 Å². The average Bonchev–Trinajstić information content (AvgIpc) is 2.37. The molecule has 0 aromatic carbocycles. The Balaban J connectivity index is 2.35. The molecule has 0 spiro atoms. The molecule has 0 saturated heterocycles. The Morgan fingerprint density at radius 3 is 2.83 bits per heavy atom. The zero-order valence-electron chi connectivity index (χ0n) is 11.4. The van der Waals surface area contributed by atoms with Gasteiger partial charge >= 0.3 is 6.03 Å². The van der Waals surface area contributed by atoms with Crippen molar-refractivity contribution in [2.45, 2.75) is 32.6 Å². The maximum atomic E-state index is 11.9. The minimum Gasteiger partial charge on any atom is -0.395 e. The molecule has 2 unspecified atom stereocenters. The van der Waals surface area contributed by atoms with Crippen LogP contribution in [0.25, 0.3) is 0 Å². The third kappa shape index (κ3) is 4.69. The van der Waals surface area contributed by atoms with E-state index in [9.17, 15) is 4.79 Å². The van der Waals surface area contributed by atoms with Crippen molar-refractivity contribution < 1.29 is 9.90 Å². The van der Waals surface area contributed by atoms with Crippen LogP contribution in [0.1, 0.15) is 32.6 Å². The van der Waals surface area contributed by atoms with Crippen LogP contribution in [-0.2, 0) is 0 Å². The summed E-state index contributed by atoms with van der Waals surface area (Å²) in [6.45, 7) is 7.47. The number of rotatable bonds is 6. The van der Waals surface area contributed by atoms with Gasteiger partial charge in [0.1, 0.15) is 0 Å². The van der Waals surface area contributed by atoms with Gasteiger partial charge in [0.15, 0.2) is 0 Å². The van der Waals surface area contributed by atoms with Crippen LogP contribution in [0.2, 0.25) is 0 Å². The number of hydrogen-bond acceptors (Lipinski definition) is 2. The van der Waals surface area contributed by atoms with Crippen LogP contribution < -0.4 is 5.32 Å². The first-order valence-electron chi connectivity index (χ1n) is 6.93. The topological polar surface area (TPSA) is 52.6 Å². The first kappa shape index (κ1) is 15.0. The molecule has 0 heterocycles. The van der Waals surface area contributed by atoms with Gasteiger partial charge in [-0.3, -0.25) is 0 Å². The van der Waals surface area contributed by atoms with Gasteiger partial charge in [0.2, 0.25) is 0 Å². The number of nitrogens with one attached hydrogen (secondary N) is 1. The molecule has 0 aromatic heterocycles. The minimum absolute atomic E-state index is 0.0128. The van der Waals surface area contributed by atoms with E-state index in [-0.39, 0.29) is 12.6 Å². The SMILES string of the molecule is C=CCN(CCO)C(=O)NCC1CCCCC1C. The van der Waals surface area contributed by atoms with E-state index < -0.39 is 0 Å². The first-order valence-corrected chi connectivity index (χ1v) is 6.93. The van der Waals surface area contributed by atoms with Gasteiger partial charge in [0.25, 0.3) is 0 Å². The summed E-state index contributed by atoms with van der Waals surface area (Å²) in [5.74, 6) is 1.30. The molecular weight excluding hydrogens is 228 g/mol. The monoisotopic (exact) mass is 254 g/mol. The van der Waals surface area contributed by atoms with Crippen LogP contribution in [0, 0.1) is 11.8 Å². The normalized spacial score (nSPS) is 23.4. The van der Waals surface area contributed by atoms with Crippen LogP contribution in [0.3, 0.4) is 0 Å². The zero-order chi connectivity index (χ0) is 13.4. The van der Waals surface area contributed by atoms with Crippen molar-refractivity contribution in [2.24, 2.45) is 11.8 Å². The van der Waals surface area contributed by atoms with Gasteiger partial charge in [-0.25, -0.2) is 4.79 Å². The maximum absolute atomic E-state index is 11.9. The molecule has 1 aliphatic carbocycles. The smallest absolute Gasteiger partial charge is 0.317 e. The largest absolute Gasteiger partial charge is 0.395 e. The fourth-order valence-corrected chi connectivity index (χ4v) is 2.58. The predicted octanol–water partition coefficient (Wildman–Crippen LogP) is 2.00. The second-order valence-corrected chi connectivity index (χ2v) is 5.17. The molecule has 2 atom stereocenters. The molecular formula is C14H26N2O2. The summed E-state index contributed by atoms with van der Waals surface area (Å²) in [5.41, 5.74) is 0. The third-order valence-corrected chi connectivity index (χ3v) is 3.81. The lowest BCUT2D eigenvalue weighted by Crippen LogP contribution is -2.44. The van der Waals surface area contributed by atoms with Crippen LogP contribution in [0.5, 0.6) is 0 Å². The van der Waals surface area contributed by atoms with E-state index in [1.165, 1.54) is 25.7 Å². The quantitative estimate of drug-likeness (QED) is 0.712. The number of carbonyl (C=O) groups is 1. The second kappa shape index (κ2) is 8.14. The van der Waals surface area contributed by atoms with E-state index in [1.807, 2.05) is 0 Å². The first-order chi connectivity index (χ1) is 8.69. The Bertz CT molecular complexity index is 269. The average molecular weight is 254 g/mol. The Morgan fingerprint density at radius 2 is 2.22 bits per heavy atom. The van der Waals surface area contributed by atoms with Gasteiger partial charge in [-0.2, -0.15) is 0 Å². The van der Waals surface area contributed by atoms with Crippen LogP contribution in [-0.4, -0.2) is 42.3 Å². The van der Waals surface area contributed by atoms with Gasteiger partial charge < -0.3 is 15.3 Å². The Hall–Kier alpha value is -1.03. The number of amides is 2. The Kier molecular flexibility index (Phi) is 6.80. The summed E-state index contributed by atoms with van der Waals surface area (Å²) in [7, 11) is 0. The highest BCUT2D eigenvalue weighted by atomic mass is 16.3. The number of carbonyl (C=O) groups excluding carboxylic acids is 1. The standard InChI is InChI=1S/C14H26N2O2/c1-3-8-16(9-10-17)14(18)15-11-13-7-5-4-6-12(13)2/h3,12-13,17H,1,4-11H2,2H3,(H,15,18). The number of nitrogens with zero attached hydrogens (tertiary/aromatic N) is 1. The van der Waals surface area contributed by atoms with E-state index in [0.29, 0.717) is 24.9 Å². The van der Waals surface area contributed by atoms with Crippen molar-refractivity contribution in [1.82, 2.24) is 10.2 Å². The van der Waals surface area contributed by atoms with Gasteiger partial charge in [-0.05, 0) is 18.3 Å². The number of aliphatic hydroxyl groups is 1. The van der Waals surface area contributed by atoms with Crippen molar-refractivity contribution in [2.75, 3.05) is 26.2 Å². The Morgan fingerprint density at radius 1 is 1.50 bits per heavy atom. The number of hydrogen-bond donors (Lipinski definition) is 2. The van der Waals surface area contributed by atoms with E-state index in [2.05, 4.69) is 18.8 Å². The van der Waals surface area contributed by atoms with E-state index in [1.54, 1.807) is 11.0 Å². The zero-order valence-corrected chi connectivity index (χ0v) is 11.4. The van der Waals surface area contributed by atoms with Crippen molar-refractivity contribution in [1.29, 1.82) is 0 Å². The molecule has 2 amide bonds. The van der Waals surface area contributed by atoms with Crippen molar-refractivity contribution in [3.05, 3.63) is 12.7 Å². The summed E-state index contributed by atoms with van der Waals surface area (Å²) in [6.07, 6.45) is 6.76. The highest BCUT2D eigenvalue weighted by Gasteiger charge is 2.22. The molecule has 0 radical (unpaired) electrons. The molecule has 0 bridgehead atoms. The van der Waals surface area contributed by atoms with Gasteiger partial charge in [-0.1, -0.05) is 32.3 Å². The molecule has 104 valence electrons. The molecule has 0 aromatic rings. The second-order valence-electron chi connectivity index (χ2n) is 5.17. The molecule has 1 saturated carbocycles. The summed E-state index contributed by atoms with van der Waals surface area (Å²) < 4.78 is 0. The summed E-state index contributed by atoms with van der Waals surface area (Å²) in [4.78, 5) is 13.5. The third-order valence-electron chi connectivity index (χ3n) is 3.81. The van der Waals surface area contributed by atoms with Crippen LogP contribution in [0.4, 0.5) is 4.79 Å². The Labute approximate surface area is 110 Å². The minimum atomic E-state index is -0.0956. The highest BCUT2D eigenvalue weighted by Crippen LogP contribution is 2.28. The van der Waals surface area contributed by atoms with E-state index in [0.717, 1.165) is 6.54 Å². The van der Waals surface area contributed by atoms with E-state index >= 15 is 0 Å². The fraction of sp³-hybridized carbons (Fsp3) is 0.786. The highest BCUT2D eigenvalue weighted by molar-refractivity contribution is 5.74. The lowest BCUT2D eigenvalue weighted by atomic mass is 9.80. The molecule has 1 rings (SSSR count). The number of urea groups is 1. The van der Waals surface area contributed by atoms with E-state index in [4.69, 9.17) is 5.11 Å². The van der Waals surface area contributed by atoms with Gasteiger partial charge in [-0.15, -0.1) is 6.58 Å². The summed E-state index contributed by atoms with van der Waals surface area (Å²) >= 11 is 0. The molecule has 4 nitrogen and oxygen atoms in total. The summed E-state index contributed by atoms with van der Waals surface area (Å²) in [5, 5.41) is 11.9. The fourth-order valence-electron chi connectivity index (χ4n) is 2.58. The van der Waals surface area contributed by atoms with Crippen LogP contribution >= 0.6 is 0 Å². The molecule has 1 aliphatic rings. The molecule has 0 aliphatic heterocycles. The molecule has 2 N–H and O–H groups in total. The molecule has 1 fully saturated rings. The lowest BCUT2D eigenvalue weighted by molar-refractivity contribution is 0.177. The maximum Gasteiger partial charge on any atom is 0.317 e. The van der Waals surface area contributed by atoms with Gasteiger partial charge in [0.05, 0.1) is 6.61 Å². The van der Waals surface area contributed by atoms with Gasteiger partial charge in [0, 0.05) is 19.6 Å². The van der Waals surface area contributed by atoms with Crippen molar-refractivity contribution >= 4 is 6.03 Å². The lowest BCUT2D eigenvalue weighted by Gasteiger charge is -2.30. The predicted molar refractivity (Wildman–Crippen MR) is 73.4 cm³/mol. The summed E-state index contributed by atoms with van der Waals surface area (Å²) in [6, 6.07) is -0.0956. The van der Waals surface area contributed by atoms with Crippen molar-refractivity contribution in [3.63, 3.8) is 0 Å². The van der Waals surface area contributed by atoms with Crippen LogP contribution in [0.15, 0.2) is 12.7 Å². The molecule has 4 heteroatoms.